The number of nitrogens with one attached hydrogen (secondary N) is 1. The lowest BCUT2D eigenvalue weighted by Gasteiger charge is -2.37. The Morgan fingerprint density at radius 3 is 2.40 bits per heavy atom. The number of rotatable bonds is 7. The minimum absolute atomic E-state index is 0.0590. The lowest BCUT2D eigenvalue weighted by atomic mass is 9.96. The second-order valence-corrected chi connectivity index (χ2v) is 10.8. The van der Waals surface area contributed by atoms with Crippen LogP contribution in [0.2, 0.25) is 18.6 Å². The molecule has 116 valence electrons. The first kappa shape index (κ1) is 17.2. The maximum Gasteiger partial charge on any atom is 0.304 e. The van der Waals surface area contributed by atoms with Crippen LogP contribution in [-0.2, 0) is 18.8 Å². The first-order valence-electron chi connectivity index (χ1n) is 7.26. The van der Waals surface area contributed by atoms with Gasteiger partial charge >= 0.3 is 5.97 Å². The topological polar surface area (TPSA) is 64.6 Å². The summed E-state index contributed by atoms with van der Waals surface area (Å²) in [6, 6.07) is 0. The molecule has 0 aromatic rings. The molecule has 0 radical (unpaired) electrons. The molecule has 1 aliphatic rings. The van der Waals surface area contributed by atoms with Crippen LogP contribution in [0.25, 0.3) is 0 Å². The summed E-state index contributed by atoms with van der Waals surface area (Å²) in [5, 5.41) is 2.59. The first-order valence-corrected chi connectivity index (χ1v) is 10.2. The van der Waals surface area contributed by atoms with E-state index in [9.17, 15) is 9.59 Å². The summed E-state index contributed by atoms with van der Waals surface area (Å²) in [6.45, 7) is 13.0. The van der Waals surface area contributed by atoms with E-state index in [2.05, 4.69) is 39.2 Å². The van der Waals surface area contributed by atoms with Gasteiger partial charge in [-0.2, -0.15) is 0 Å². The molecule has 0 saturated carbocycles. The summed E-state index contributed by atoms with van der Waals surface area (Å²) in [4.78, 5) is 22.4. The van der Waals surface area contributed by atoms with Crippen LogP contribution in [0.15, 0.2) is 0 Å². The summed E-state index contributed by atoms with van der Waals surface area (Å²) in [6.07, 6.45) is 0.126. The van der Waals surface area contributed by atoms with Gasteiger partial charge in [0, 0.05) is 13.5 Å². The fraction of sp³-hybridized carbons (Fsp3) is 0.857. The van der Waals surface area contributed by atoms with Gasteiger partial charge in [-0.25, -0.2) is 0 Å². The molecule has 1 rings (SSSR count). The largest absolute Gasteiger partial charge is 0.441 e. The Morgan fingerprint density at radius 1 is 1.35 bits per heavy atom. The second-order valence-electron chi connectivity index (χ2n) is 6.42. The van der Waals surface area contributed by atoms with Crippen molar-refractivity contribution < 1.29 is 18.8 Å². The molecule has 5 nitrogen and oxygen atoms in total. The van der Waals surface area contributed by atoms with Crippen LogP contribution in [0.5, 0.6) is 0 Å². The zero-order chi connectivity index (χ0) is 15.5. The number of amides is 1. The van der Waals surface area contributed by atoms with Crippen molar-refractivity contribution in [1.29, 1.82) is 0 Å². The molecule has 1 fully saturated rings. The number of esters is 1. The zero-order valence-corrected chi connectivity index (χ0v) is 14.4. The number of carbonyl (C=O) groups is 2. The van der Waals surface area contributed by atoms with E-state index in [4.69, 9.17) is 9.16 Å². The summed E-state index contributed by atoms with van der Waals surface area (Å²) >= 11 is 0. The Labute approximate surface area is 122 Å². The van der Waals surface area contributed by atoms with E-state index in [0.29, 0.717) is 24.5 Å². The Bertz CT molecular complexity index is 370. The predicted molar refractivity (Wildman–Crippen MR) is 79.5 cm³/mol. The molecule has 1 amide bonds. The van der Waals surface area contributed by atoms with Crippen molar-refractivity contribution in [3.05, 3.63) is 0 Å². The van der Waals surface area contributed by atoms with Crippen LogP contribution in [0, 0.1) is 11.8 Å². The summed E-state index contributed by atoms with van der Waals surface area (Å²) in [5.41, 5.74) is 0.557. The molecule has 20 heavy (non-hydrogen) atoms. The van der Waals surface area contributed by atoms with Gasteiger partial charge in [0.25, 0.3) is 0 Å². The molecule has 3 unspecified atom stereocenters. The third-order valence-electron chi connectivity index (χ3n) is 4.28. The Kier molecular flexibility index (Phi) is 5.76. The average molecular weight is 301 g/mol. The second kappa shape index (κ2) is 6.71. The maximum absolute atomic E-state index is 11.5. The molecule has 1 saturated heterocycles. The lowest BCUT2D eigenvalue weighted by molar-refractivity contribution is -0.168. The normalized spacial score (nSPS) is 24.1. The van der Waals surface area contributed by atoms with Gasteiger partial charge in [-0.3, -0.25) is 9.59 Å². The van der Waals surface area contributed by atoms with Crippen molar-refractivity contribution >= 4 is 20.2 Å². The zero-order valence-electron chi connectivity index (χ0n) is 13.4. The van der Waals surface area contributed by atoms with Gasteiger partial charge in [0.15, 0.2) is 14.5 Å². The Morgan fingerprint density at radius 2 is 1.95 bits per heavy atom. The third kappa shape index (κ3) is 4.31. The fourth-order valence-corrected chi connectivity index (χ4v) is 4.86. The van der Waals surface area contributed by atoms with Crippen molar-refractivity contribution in [2.24, 2.45) is 11.8 Å². The molecule has 3 atom stereocenters. The number of ether oxygens (including phenoxy) is 1. The molecule has 0 spiro atoms. The number of hydrogen-bond donors (Lipinski definition) is 1. The van der Waals surface area contributed by atoms with Gasteiger partial charge in [0.05, 0.1) is 5.92 Å². The smallest absolute Gasteiger partial charge is 0.304 e. The van der Waals surface area contributed by atoms with Crippen molar-refractivity contribution in [1.82, 2.24) is 5.32 Å². The number of carbonyl (C=O) groups excluding carboxylic acids is 2. The minimum Gasteiger partial charge on any atom is -0.441 e. The molecule has 1 heterocycles. The summed E-state index contributed by atoms with van der Waals surface area (Å²) < 4.78 is 11.1. The van der Waals surface area contributed by atoms with E-state index in [1.54, 1.807) is 0 Å². The first-order chi connectivity index (χ1) is 9.15. The molecular formula is C14H27NO4Si. The van der Waals surface area contributed by atoms with Gasteiger partial charge in [0.1, 0.15) is 0 Å². The van der Waals surface area contributed by atoms with Crippen molar-refractivity contribution in [2.75, 3.05) is 6.61 Å². The van der Waals surface area contributed by atoms with Crippen LogP contribution in [0.3, 0.4) is 0 Å². The van der Waals surface area contributed by atoms with Crippen molar-refractivity contribution in [3.8, 4) is 0 Å². The van der Waals surface area contributed by atoms with E-state index in [1.165, 1.54) is 6.92 Å². The molecule has 1 aliphatic heterocycles. The highest BCUT2D eigenvalue weighted by Gasteiger charge is 2.42. The highest BCUT2D eigenvalue weighted by atomic mass is 28.4. The quantitative estimate of drug-likeness (QED) is 0.445. The summed E-state index contributed by atoms with van der Waals surface area (Å²) in [5.74, 6) is -0.101. The molecule has 6 heteroatoms. The predicted octanol–water partition coefficient (Wildman–Crippen LogP) is 2.28. The number of hydrogen-bond acceptors (Lipinski definition) is 4. The van der Waals surface area contributed by atoms with Gasteiger partial charge in [-0.1, -0.05) is 20.8 Å². The molecule has 0 aromatic heterocycles. The van der Waals surface area contributed by atoms with Crippen LogP contribution < -0.4 is 5.32 Å². The van der Waals surface area contributed by atoms with E-state index in [1.807, 2.05) is 0 Å². The van der Waals surface area contributed by atoms with Crippen molar-refractivity contribution in [3.63, 3.8) is 0 Å². The molecule has 0 bridgehead atoms. The van der Waals surface area contributed by atoms with Gasteiger partial charge < -0.3 is 14.5 Å². The fourth-order valence-electron chi connectivity index (χ4n) is 2.35. The third-order valence-corrected chi connectivity index (χ3v) is 8.09. The Balaban J connectivity index is 2.39. The maximum atomic E-state index is 11.5. The van der Waals surface area contributed by atoms with E-state index in [-0.39, 0.29) is 17.8 Å². The summed E-state index contributed by atoms with van der Waals surface area (Å²) in [7, 11) is -1.74. The van der Waals surface area contributed by atoms with E-state index < -0.39 is 14.5 Å². The molecule has 0 aromatic carbocycles. The van der Waals surface area contributed by atoms with Crippen LogP contribution in [0.4, 0.5) is 0 Å². The van der Waals surface area contributed by atoms with Crippen LogP contribution in [0.1, 0.15) is 34.1 Å². The van der Waals surface area contributed by atoms with Crippen LogP contribution in [-0.4, -0.2) is 33.0 Å². The standard InChI is InChI=1S/C14H27NO4Si/c1-9(2)10(3)20(5,6)18-8-7-12-13(17)15-14(12)19-11(4)16/h9-10,12,14H,7-8H2,1-6H3,(H,15,17). The minimum atomic E-state index is -1.74. The molecule has 1 N–H and O–H groups in total. The lowest BCUT2D eigenvalue weighted by Crippen LogP contribution is -2.60. The molecular weight excluding hydrogens is 274 g/mol. The monoisotopic (exact) mass is 301 g/mol. The average Bonchev–Trinajstić information content (AvgIpc) is 2.32. The van der Waals surface area contributed by atoms with Gasteiger partial charge in [0.2, 0.25) is 5.91 Å². The SMILES string of the molecule is CC(=O)OC1NC(=O)C1CCO[Si](C)(C)C(C)C(C)C. The number of β-lactam (4-membered cyclic amide) rings is 1. The van der Waals surface area contributed by atoms with E-state index >= 15 is 0 Å². The van der Waals surface area contributed by atoms with Crippen molar-refractivity contribution in [2.45, 2.75) is 59.0 Å². The highest BCUT2D eigenvalue weighted by Crippen LogP contribution is 2.30. The van der Waals surface area contributed by atoms with Crippen LogP contribution >= 0.6 is 0 Å². The van der Waals surface area contributed by atoms with Gasteiger partial charge in [-0.05, 0) is 31.0 Å². The highest BCUT2D eigenvalue weighted by molar-refractivity contribution is 6.72. The Hall–Kier alpha value is -0.883. The van der Waals surface area contributed by atoms with E-state index in [0.717, 1.165) is 0 Å². The van der Waals surface area contributed by atoms with Gasteiger partial charge in [-0.15, -0.1) is 0 Å². The molecule has 0 aliphatic carbocycles.